The van der Waals surface area contributed by atoms with Crippen LogP contribution in [-0.4, -0.2) is 47.6 Å². The van der Waals surface area contributed by atoms with E-state index >= 15 is 0 Å². The molecule has 114 valence electrons. The first-order chi connectivity index (χ1) is 10.0. The van der Waals surface area contributed by atoms with Crippen LogP contribution in [0.1, 0.15) is 12.5 Å². The number of benzene rings is 1. The lowest BCUT2D eigenvalue weighted by molar-refractivity contribution is -0.130. The minimum Gasteiger partial charge on any atom is -0.396 e. The Hall–Kier alpha value is -1.95. The predicted molar refractivity (Wildman–Crippen MR) is 74.9 cm³/mol. The van der Waals surface area contributed by atoms with Gasteiger partial charge in [0, 0.05) is 32.5 Å². The fourth-order valence-electron chi connectivity index (χ4n) is 2.60. The van der Waals surface area contributed by atoms with Gasteiger partial charge in [0.05, 0.1) is 12.5 Å². The second-order valence-corrected chi connectivity index (χ2v) is 5.32. The minimum atomic E-state index is -0.401. The molecule has 5 nitrogen and oxygen atoms in total. The maximum atomic E-state index is 13.6. The van der Waals surface area contributed by atoms with Gasteiger partial charge in [-0.3, -0.25) is 9.59 Å². The maximum Gasteiger partial charge on any atom is 0.227 e. The van der Waals surface area contributed by atoms with Crippen LogP contribution in [-0.2, 0) is 16.0 Å². The highest BCUT2D eigenvalue weighted by Crippen LogP contribution is 2.18. The van der Waals surface area contributed by atoms with Crippen LogP contribution < -0.4 is 5.32 Å². The van der Waals surface area contributed by atoms with Gasteiger partial charge in [-0.05, 0) is 11.6 Å². The number of hydrogen-bond acceptors (Lipinski definition) is 3. The van der Waals surface area contributed by atoms with Crippen LogP contribution in [0.5, 0.6) is 0 Å². The van der Waals surface area contributed by atoms with E-state index in [-0.39, 0.29) is 36.8 Å². The first-order valence-corrected chi connectivity index (χ1v) is 6.90. The van der Waals surface area contributed by atoms with Gasteiger partial charge < -0.3 is 15.3 Å². The van der Waals surface area contributed by atoms with E-state index in [9.17, 15) is 19.1 Å². The molecule has 2 rings (SSSR count). The number of carbonyl (C=O) groups excluding carboxylic acids is 2. The highest BCUT2D eigenvalue weighted by molar-refractivity contribution is 5.79. The molecule has 0 saturated carbocycles. The SMILES string of the molecule is CC(=O)N[C@@H]1CN(C(=O)Cc2ccccc2F)C[C@H]1CO. The smallest absolute Gasteiger partial charge is 0.227 e. The molecule has 2 atom stereocenters. The molecule has 0 aromatic heterocycles. The number of aliphatic hydroxyl groups is 1. The predicted octanol–water partition coefficient (Wildman–Crippen LogP) is 0.324. The molecular weight excluding hydrogens is 275 g/mol. The quantitative estimate of drug-likeness (QED) is 0.840. The van der Waals surface area contributed by atoms with Crippen molar-refractivity contribution in [3.63, 3.8) is 0 Å². The van der Waals surface area contributed by atoms with Gasteiger partial charge in [-0.25, -0.2) is 4.39 Å². The molecule has 1 aliphatic heterocycles. The Labute approximate surface area is 122 Å². The second-order valence-electron chi connectivity index (χ2n) is 5.32. The van der Waals surface area contributed by atoms with E-state index in [1.54, 1.807) is 23.1 Å². The Morgan fingerprint density at radius 1 is 1.38 bits per heavy atom. The Morgan fingerprint density at radius 3 is 2.71 bits per heavy atom. The lowest BCUT2D eigenvalue weighted by Gasteiger charge is -2.17. The van der Waals surface area contributed by atoms with Crippen molar-refractivity contribution < 1.29 is 19.1 Å². The maximum absolute atomic E-state index is 13.6. The topological polar surface area (TPSA) is 69.6 Å². The van der Waals surface area contributed by atoms with Crippen molar-refractivity contribution in [2.45, 2.75) is 19.4 Å². The van der Waals surface area contributed by atoms with Crippen molar-refractivity contribution in [2.75, 3.05) is 19.7 Å². The lowest BCUT2D eigenvalue weighted by atomic mass is 10.1. The van der Waals surface area contributed by atoms with E-state index in [1.165, 1.54) is 13.0 Å². The molecule has 1 saturated heterocycles. The first kappa shape index (κ1) is 15.4. The minimum absolute atomic E-state index is 0.0163. The molecule has 1 aromatic rings. The van der Waals surface area contributed by atoms with Crippen LogP contribution in [0, 0.1) is 11.7 Å². The van der Waals surface area contributed by atoms with Gasteiger partial charge in [0.15, 0.2) is 0 Å². The molecular formula is C15H19FN2O3. The Kier molecular flexibility index (Phi) is 4.90. The summed E-state index contributed by atoms with van der Waals surface area (Å²) < 4.78 is 13.6. The van der Waals surface area contributed by atoms with Crippen molar-refractivity contribution in [1.82, 2.24) is 10.2 Å². The molecule has 1 aliphatic rings. The molecule has 1 fully saturated rings. The van der Waals surface area contributed by atoms with Crippen molar-refractivity contribution in [3.05, 3.63) is 35.6 Å². The van der Waals surface area contributed by atoms with Gasteiger partial charge >= 0.3 is 0 Å². The van der Waals surface area contributed by atoms with Crippen LogP contribution in [0.15, 0.2) is 24.3 Å². The molecule has 1 aromatic carbocycles. The van der Waals surface area contributed by atoms with Crippen molar-refractivity contribution in [2.24, 2.45) is 5.92 Å². The number of hydrogen-bond donors (Lipinski definition) is 2. The number of rotatable bonds is 4. The summed E-state index contributed by atoms with van der Waals surface area (Å²) in [4.78, 5) is 24.9. The van der Waals surface area contributed by atoms with E-state index in [4.69, 9.17) is 0 Å². The average Bonchev–Trinajstić information content (AvgIpc) is 2.83. The zero-order valence-electron chi connectivity index (χ0n) is 11.9. The molecule has 1 heterocycles. The molecule has 0 aliphatic carbocycles. The Morgan fingerprint density at radius 2 is 2.10 bits per heavy atom. The second kappa shape index (κ2) is 6.67. The van der Waals surface area contributed by atoms with Crippen LogP contribution in [0.2, 0.25) is 0 Å². The zero-order chi connectivity index (χ0) is 15.4. The molecule has 2 N–H and O–H groups in total. The third-order valence-corrected chi connectivity index (χ3v) is 3.72. The monoisotopic (exact) mass is 294 g/mol. The molecule has 2 amide bonds. The van der Waals surface area contributed by atoms with Gasteiger partial charge in [-0.15, -0.1) is 0 Å². The standard InChI is InChI=1S/C15H19FN2O3/c1-10(20)17-14-8-18(7-12(14)9-19)15(21)6-11-4-2-3-5-13(11)16/h2-5,12,14,19H,6-9H2,1H3,(H,17,20)/t12-,14+/m0/s1. The summed E-state index contributed by atoms with van der Waals surface area (Å²) in [5, 5.41) is 12.1. The highest BCUT2D eigenvalue weighted by atomic mass is 19.1. The third kappa shape index (κ3) is 3.78. The average molecular weight is 294 g/mol. The van der Waals surface area contributed by atoms with Gasteiger partial charge in [0.25, 0.3) is 0 Å². The number of likely N-dealkylation sites (tertiary alicyclic amines) is 1. The summed E-state index contributed by atoms with van der Waals surface area (Å²) in [6.45, 7) is 2.01. The molecule has 0 bridgehead atoms. The van der Waals surface area contributed by atoms with Crippen LogP contribution in [0.25, 0.3) is 0 Å². The molecule has 6 heteroatoms. The summed E-state index contributed by atoms with van der Waals surface area (Å²) in [6, 6.07) is 5.92. The first-order valence-electron chi connectivity index (χ1n) is 6.90. The number of nitrogens with zero attached hydrogens (tertiary/aromatic N) is 1. The molecule has 21 heavy (non-hydrogen) atoms. The summed E-state index contributed by atoms with van der Waals surface area (Å²) in [5.41, 5.74) is 0.353. The fraction of sp³-hybridized carbons (Fsp3) is 0.467. The highest BCUT2D eigenvalue weighted by Gasteiger charge is 2.35. The zero-order valence-corrected chi connectivity index (χ0v) is 11.9. The number of carbonyl (C=O) groups is 2. The number of aliphatic hydroxyl groups excluding tert-OH is 1. The number of halogens is 1. The van der Waals surface area contributed by atoms with Crippen molar-refractivity contribution in [1.29, 1.82) is 0 Å². The normalized spacial score (nSPS) is 21.4. The van der Waals surface area contributed by atoms with E-state index < -0.39 is 5.82 Å². The van der Waals surface area contributed by atoms with Gasteiger partial charge in [-0.2, -0.15) is 0 Å². The van der Waals surface area contributed by atoms with Gasteiger partial charge in [-0.1, -0.05) is 18.2 Å². The fourth-order valence-corrected chi connectivity index (χ4v) is 2.60. The van der Waals surface area contributed by atoms with E-state index in [2.05, 4.69) is 5.32 Å². The number of nitrogens with one attached hydrogen (secondary N) is 1. The van der Waals surface area contributed by atoms with Crippen LogP contribution in [0.4, 0.5) is 4.39 Å². The molecule has 0 radical (unpaired) electrons. The lowest BCUT2D eigenvalue weighted by Crippen LogP contribution is -2.40. The van der Waals surface area contributed by atoms with E-state index in [0.29, 0.717) is 18.7 Å². The summed E-state index contributed by atoms with van der Waals surface area (Å²) in [7, 11) is 0. The van der Waals surface area contributed by atoms with Crippen LogP contribution >= 0.6 is 0 Å². The summed E-state index contributed by atoms with van der Waals surface area (Å²) in [6.07, 6.45) is -0.0163. The van der Waals surface area contributed by atoms with Crippen molar-refractivity contribution in [3.8, 4) is 0 Å². The Bertz CT molecular complexity index is 535. The number of amides is 2. The van der Waals surface area contributed by atoms with E-state index in [1.807, 2.05) is 0 Å². The van der Waals surface area contributed by atoms with Crippen molar-refractivity contribution >= 4 is 11.8 Å². The van der Waals surface area contributed by atoms with Gasteiger partial charge in [0.1, 0.15) is 5.82 Å². The Balaban J connectivity index is 2.00. The summed E-state index contributed by atoms with van der Waals surface area (Å²) >= 11 is 0. The van der Waals surface area contributed by atoms with E-state index in [0.717, 1.165) is 0 Å². The molecule has 0 spiro atoms. The molecule has 0 unspecified atom stereocenters. The third-order valence-electron chi connectivity index (χ3n) is 3.72. The largest absolute Gasteiger partial charge is 0.396 e. The van der Waals surface area contributed by atoms with Crippen LogP contribution in [0.3, 0.4) is 0 Å². The summed E-state index contributed by atoms with van der Waals surface area (Å²) in [5.74, 6) is -0.978. The van der Waals surface area contributed by atoms with Gasteiger partial charge in [0.2, 0.25) is 11.8 Å².